The maximum Gasteiger partial charge on any atom is 0.251 e. The third-order valence-electron chi connectivity index (χ3n) is 4.75. The second kappa shape index (κ2) is 8.51. The number of hydrogen-bond donors (Lipinski definition) is 2. The van der Waals surface area contributed by atoms with Crippen LogP contribution in [0.4, 0.5) is 0 Å². The standard InChI is InChI=1S/C17H29N5O3/c1-2-18-17(19-12-15(23)20-13-5-6-13)22-9-7-21(8-10-22)16(24)14-4-3-11-25-14/h13-14H,2-12H2,1H3,(H,18,19)(H,20,23). The van der Waals surface area contributed by atoms with Gasteiger partial charge in [-0.1, -0.05) is 0 Å². The maximum absolute atomic E-state index is 12.4. The Morgan fingerprint density at radius 3 is 2.44 bits per heavy atom. The first-order valence-electron chi connectivity index (χ1n) is 9.40. The molecule has 2 N–H and O–H groups in total. The van der Waals surface area contributed by atoms with E-state index in [-0.39, 0.29) is 24.5 Å². The lowest BCUT2D eigenvalue weighted by Gasteiger charge is -2.37. The SMILES string of the molecule is CCNC(=NCC(=O)NC1CC1)N1CCN(C(=O)C2CCCO2)CC1. The number of guanidine groups is 1. The van der Waals surface area contributed by atoms with Crippen molar-refractivity contribution in [2.75, 3.05) is 45.9 Å². The molecule has 2 heterocycles. The fraction of sp³-hybridized carbons (Fsp3) is 0.824. The second-order valence-electron chi connectivity index (χ2n) is 6.83. The van der Waals surface area contributed by atoms with Gasteiger partial charge in [-0.15, -0.1) is 0 Å². The lowest BCUT2D eigenvalue weighted by Crippen LogP contribution is -2.55. The van der Waals surface area contributed by atoms with Crippen molar-refractivity contribution in [3.63, 3.8) is 0 Å². The Morgan fingerprint density at radius 2 is 1.84 bits per heavy atom. The van der Waals surface area contributed by atoms with Gasteiger partial charge in [-0.05, 0) is 32.6 Å². The van der Waals surface area contributed by atoms with Crippen molar-refractivity contribution in [2.45, 2.75) is 44.8 Å². The fourth-order valence-corrected chi connectivity index (χ4v) is 3.19. The van der Waals surface area contributed by atoms with E-state index in [0.717, 1.165) is 38.2 Å². The predicted molar refractivity (Wildman–Crippen MR) is 94.3 cm³/mol. The van der Waals surface area contributed by atoms with Crippen molar-refractivity contribution in [1.82, 2.24) is 20.4 Å². The fourth-order valence-electron chi connectivity index (χ4n) is 3.19. The van der Waals surface area contributed by atoms with Gasteiger partial charge in [0.15, 0.2) is 5.96 Å². The van der Waals surface area contributed by atoms with Crippen molar-refractivity contribution < 1.29 is 14.3 Å². The van der Waals surface area contributed by atoms with Crippen molar-refractivity contribution in [3.05, 3.63) is 0 Å². The zero-order chi connectivity index (χ0) is 17.6. The number of aliphatic imine (C=N–C) groups is 1. The van der Waals surface area contributed by atoms with Crippen LogP contribution in [-0.2, 0) is 14.3 Å². The number of ether oxygens (including phenoxy) is 1. The van der Waals surface area contributed by atoms with E-state index < -0.39 is 0 Å². The van der Waals surface area contributed by atoms with Crippen LogP contribution in [0.3, 0.4) is 0 Å². The molecule has 1 saturated carbocycles. The molecule has 25 heavy (non-hydrogen) atoms. The Morgan fingerprint density at radius 1 is 1.12 bits per heavy atom. The molecule has 2 amide bonds. The molecule has 0 bridgehead atoms. The Bertz CT molecular complexity index is 506. The second-order valence-corrected chi connectivity index (χ2v) is 6.83. The summed E-state index contributed by atoms with van der Waals surface area (Å²) < 4.78 is 5.50. The first-order chi connectivity index (χ1) is 12.2. The van der Waals surface area contributed by atoms with Crippen LogP contribution in [0.5, 0.6) is 0 Å². The first kappa shape index (κ1) is 18.0. The molecule has 8 nitrogen and oxygen atoms in total. The molecule has 8 heteroatoms. The van der Waals surface area contributed by atoms with Crippen molar-refractivity contribution >= 4 is 17.8 Å². The van der Waals surface area contributed by atoms with Gasteiger partial charge in [0, 0.05) is 45.4 Å². The normalized spacial score (nSPS) is 24.4. The molecule has 0 aromatic carbocycles. The zero-order valence-electron chi connectivity index (χ0n) is 15.0. The van der Waals surface area contributed by atoms with E-state index in [0.29, 0.717) is 38.8 Å². The van der Waals surface area contributed by atoms with Gasteiger partial charge in [0.1, 0.15) is 12.6 Å². The number of hydrogen-bond acceptors (Lipinski definition) is 4. The Kier molecular flexibility index (Phi) is 6.12. The predicted octanol–water partition coefficient (Wildman–Crippen LogP) is -0.446. The van der Waals surface area contributed by atoms with Crippen LogP contribution in [0.1, 0.15) is 32.6 Å². The van der Waals surface area contributed by atoms with Gasteiger partial charge in [0.25, 0.3) is 5.91 Å². The zero-order valence-corrected chi connectivity index (χ0v) is 15.0. The minimum absolute atomic E-state index is 0.0231. The number of carbonyl (C=O) groups is 2. The van der Waals surface area contributed by atoms with Gasteiger partial charge >= 0.3 is 0 Å². The third kappa shape index (κ3) is 5.07. The summed E-state index contributed by atoms with van der Waals surface area (Å²) in [6.45, 7) is 6.36. The van der Waals surface area contributed by atoms with Gasteiger partial charge in [-0.2, -0.15) is 0 Å². The van der Waals surface area contributed by atoms with E-state index in [1.165, 1.54) is 0 Å². The molecule has 3 fully saturated rings. The van der Waals surface area contributed by atoms with Gasteiger partial charge in [-0.25, -0.2) is 4.99 Å². The molecular formula is C17H29N5O3. The summed E-state index contributed by atoms with van der Waals surface area (Å²) in [6, 6.07) is 0.359. The molecule has 3 aliphatic rings. The molecule has 0 aromatic heterocycles. The Labute approximate surface area is 149 Å². The van der Waals surface area contributed by atoms with E-state index >= 15 is 0 Å². The summed E-state index contributed by atoms with van der Waals surface area (Å²) >= 11 is 0. The summed E-state index contributed by atoms with van der Waals surface area (Å²) in [5.74, 6) is 0.839. The van der Waals surface area contributed by atoms with Crippen LogP contribution in [0.15, 0.2) is 4.99 Å². The Balaban J connectivity index is 1.49. The van der Waals surface area contributed by atoms with Crippen molar-refractivity contribution in [2.24, 2.45) is 4.99 Å². The number of carbonyl (C=O) groups excluding carboxylic acids is 2. The number of piperazine rings is 1. The smallest absolute Gasteiger partial charge is 0.251 e. The summed E-state index contributed by atoms with van der Waals surface area (Å²) in [7, 11) is 0. The monoisotopic (exact) mass is 351 g/mol. The minimum Gasteiger partial charge on any atom is -0.368 e. The molecule has 0 spiro atoms. The largest absolute Gasteiger partial charge is 0.368 e. The molecule has 2 saturated heterocycles. The molecule has 1 unspecified atom stereocenters. The first-order valence-corrected chi connectivity index (χ1v) is 9.40. The molecule has 2 aliphatic heterocycles. The lowest BCUT2D eigenvalue weighted by atomic mass is 10.2. The van der Waals surface area contributed by atoms with E-state index in [2.05, 4.69) is 20.5 Å². The molecule has 1 aliphatic carbocycles. The van der Waals surface area contributed by atoms with E-state index in [1.807, 2.05) is 11.8 Å². The summed E-state index contributed by atoms with van der Waals surface area (Å²) in [4.78, 5) is 32.7. The minimum atomic E-state index is -0.250. The Hall–Kier alpha value is -1.83. The highest BCUT2D eigenvalue weighted by molar-refractivity contribution is 5.86. The average Bonchev–Trinajstić information content (AvgIpc) is 3.26. The third-order valence-corrected chi connectivity index (χ3v) is 4.75. The molecule has 1 atom stereocenters. The molecule has 3 rings (SSSR count). The molecular weight excluding hydrogens is 322 g/mol. The number of amides is 2. The van der Waals surface area contributed by atoms with Crippen molar-refractivity contribution in [1.29, 1.82) is 0 Å². The molecule has 0 aromatic rings. The van der Waals surface area contributed by atoms with Crippen LogP contribution in [0.2, 0.25) is 0 Å². The summed E-state index contributed by atoms with van der Waals surface area (Å²) in [5.41, 5.74) is 0. The highest BCUT2D eigenvalue weighted by Gasteiger charge is 2.31. The van der Waals surface area contributed by atoms with Gasteiger partial charge in [0.05, 0.1) is 0 Å². The van der Waals surface area contributed by atoms with Crippen LogP contribution in [-0.4, -0.2) is 85.6 Å². The number of nitrogens with zero attached hydrogens (tertiary/aromatic N) is 3. The number of rotatable bonds is 5. The van der Waals surface area contributed by atoms with E-state index in [9.17, 15) is 9.59 Å². The van der Waals surface area contributed by atoms with Crippen LogP contribution in [0, 0.1) is 0 Å². The molecule has 0 radical (unpaired) electrons. The highest BCUT2D eigenvalue weighted by Crippen LogP contribution is 2.18. The van der Waals surface area contributed by atoms with Crippen LogP contribution < -0.4 is 10.6 Å². The lowest BCUT2D eigenvalue weighted by molar-refractivity contribution is -0.142. The van der Waals surface area contributed by atoms with Crippen LogP contribution >= 0.6 is 0 Å². The molecule has 140 valence electrons. The van der Waals surface area contributed by atoms with Gasteiger partial charge < -0.3 is 25.2 Å². The summed E-state index contributed by atoms with van der Waals surface area (Å²) in [5, 5.41) is 6.19. The van der Waals surface area contributed by atoms with Crippen LogP contribution in [0.25, 0.3) is 0 Å². The number of nitrogens with one attached hydrogen (secondary N) is 2. The quantitative estimate of drug-likeness (QED) is 0.518. The van der Waals surface area contributed by atoms with Gasteiger partial charge in [0.2, 0.25) is 5.91 Å². The van der Waals surface area contributed by atoms with Crippen molar-refractivity contribution in [3.8, 4) is 0 Å². The average molecular weight is 351 g/mol. The topological polar surface area (TPSA) is 86.3 Å². The van der Waals surface area contributed by atoms with E-state index in [1.54, 1.807) is 0 Å². The van der Waals surface area contributed by atoms with Gasteiger partial charge in [-0.3, -0.25) is 9.59 Å². The highest BCUT2D eigenvalue weighted by atomic mass is 16.5. The maximum atomic E-state index is 12.4. The summed E-state index contributed by atoms with van der Waals surface area (Å²) in [6.07, 6.45) is 3.71. The van der Waals surface area contributed by atoms with E-state index in [4.69, 9.17) is 4.74 Å².